The van der Waals surface area contributed by atoms with Gasteiger partial charge in [-0.2, -0.15) is 0 Å². The van der Waals surface area contributed by atoms with E-state index < -0.39 is 4.92 Å². The van der Waals surface area contributed by atoms with Crippen LogP contribution in [0.5, 0.6) is 0 Å². The van der Waals surface area contributed by atoms with E-state index in [1.165, 1.54) is 6.07 Å². The highest BCUT2D eigenvalue weighted by molar-refractivity contribution is 7.09. The highest BCUT2D eigenvalue weighted by Crippen LogP contribution is 2.34. The zero-order valence-corrected chi connectivity index (χ0v) is 15.3. The Bertz CT molecular complexity index is 1100. The van der Waals surface area contributed by atoms with Gasteiger partial charge >= 0.3 is 0 Å². The molecule has 0 spiro atoms. The molecule has 0 saturated heterocycles. The lowest BCUT2D eigenvalue weighted by Gasteiger charge is -2.20. The van der Waals surface area contributed by atoms with E-state index in [0.29, 0.717) is 16.6 Å². The van der Waals surface area contributed by atoms with Crippen LogP contribution in [0.1, 0.15) is 22.3 Å². The van der Waals surface area contributed by atoms with Gasteiger partial charge in [-0.1, -0.05) is 42.5 Å². The van der Waals surface area contributed by atoms with Crippen LogP contribution in [0.4, 0.5) is 11.4 Å². The highest BCUT2D eigenvalue weighted by Gasteiger charge is 2.20. The Balaban J connectivity index is 1.86. The number of fused-ring (bicyclic) bond motifs is 1. The van der Waals surface area contributed by atoms with Gasteiger partial charge in [0, 0.05) is 34.4 Å². The van der Waals surface area contributed by atoms with Crippen LogP contribution in [0.3, 0.4) is 0 Å². The van der Waals surface area contributed by atoms with Crippen LogP contribution >= 0.6 is 11.3 Å². The van der Waals surface area contributed by atoms with Crippen LogP contribution in [0, 0.1) is 17.0 Å². The monoisotopic (exact) mass is 376 g/mol. The molecule has 7 heteroatoms. The van der Waals surface area contributed by atoms with Crippen molar-refractivity contribution in [3.63, 3.8) is 0 Å². The molecule has 4 rings (SSSR count). The summed E-state index contributed by atoms with van der Waals surface area (Å²) < 4.78 is 0. The fourth-order valence-electron chi connectivity index (χ4n) is 3.09. The summed E-state index contributed by atoms with van der Waals surface area (Å²) in [5.74, 6) is 0. The van der Waals surface area contributed by atoms with E-state index in [-0.39, 0.29) is 11.7 Å². The van der Waals surface area contributed by atoms with Crippen molar-refractivity contribution in [3.05, 3.63) is 92.6 Å². The van der Waals surface area contributed by atoms with E-state index in [9.17, 15) is 10.1 Å². The maximum Gasteiger partial charge on any atom is 0.295 e. The number of nitrogens with one attached hydrogen (secondary N) is 1. The van der Waals surface area contributed by atoms with E-state index in [4.69, 9.17) is 0 Å². The Morgan fingerprint density at radius 2 is 1.96 bits per heavy atom. The second-order valence-electron chi connectivity index (χ2n) is 6.10. The molecule has 4 aromatic rings. The van der Waals surface area contributed by atoms with E-state index in [1.807, 2.05) is 54.8 Å². The van der Waals surface area contributed by atoms with Crippen LogP contribution in [0.2, 0.25) is 0 Å². The maximum absolute atomic E-state index is 11.4. The van der Waals surface area contributed by atoms with Gasteiger partial charge in [0.05, 0.1) is 4.92 Å². The summed E-state index contributed by atoms with van der Waals surface area (Å²) in [7, 11) is 0. The SMILES string of the molecule is Cc1cc(NC(c2ccccc2)c2nccs2)c2cccc([N+](=O)[O-])c2n1. The first-order valence-corrected chi connectivity index (χ1v) is 9.27. The largest absolute Gasteiger partial charge is 0.371 e. The summed E-state index contributed by atoms with van der Waals surface area (Å²) in [5, 5.41) is 18.5. The molecular formula is C20H16N4O2S. The lowest BCUT2D eigenvalue weighted by atomic mass is 10.1. The van der Waals surface area contributed by atoms with Crippen LogP contribution in [0.25, 0.3) is 10.9 Å². The Hall–Kier alpha value is -3.32. The number of thiazole rings is 1. The molecule has 1 atom stereocenters. The Morgan fingerprint density at radius 1 is 1.15 bits per heavy atom. The molecule has 1 N–H and O–H groups in total. The van der Waals surface area contributed by atoms with Crippen molar-refractivity contribution < 1.29 is 4.92 Å². The van der Waals surface area contributed by atoms with Crippen molar-refractivity contribution in [2.75, 3.05) is 5.32 Å². The maximum atomic E-state index is 11.4. The number of rotatable bonds is 5. The summed E-state index contributed by atoms with van der Waals surface area (Å²) in [4.78, 5) is 19.9. The van der Waals surface area contributed by atoms with Crippen molar-refractivity contribution in [2.24, 2.45) is 0 Å². The number of hydrogen-bond donors (Lipinski definition) is 1. The molecule has 2 aromatic heterocycles. The zero-order valence-electron chi connectivity index (χ0n) is 14.5. The molecule has 1 unspecified atom stereocenters. The molecule has 2 heterocycles. The van der Waals surface area contributed by atoms with Crippen LogP contribution in [-0.4, -0.2) is 14.9 Å². The van der Waals surface area contributed by atoms with Gasteiger partial charge in [-0.15, -0.1) is 11.3 Å². The summed E-state index contributed by atoms with van der Waals surface area (Å²) in [6, 6.07) is 16.8. The summed E-state index contributed by atoms with van der Waals surface area (Å²) >= 11 is 1.57. The number of aryl methyl sites for hydroxylation is 1. The number of para-hydroxylation sites is 1. The number of pyridine rings is 1. The minimum absolute atomic E-state index is 0.00441. The Kier molecular flexibility index (Phi) is 4.52. The minimum Gasteiger partial charge on any atom is -0.371 e. The van der Waals surface area contributed by atoms with E-state index in [1.54, 1.807) is 23.6 Å². The van der Waals surface area contributed by atoms with Gasteiger partial charge in [-0.3, -0.25) is 10.1 Å². The van der Waals surface area contributed by atoms with Crippen LogP contribution in [-0.2, 0) is 0 Å². The molecule has 27 heavy (non-hydrogen) atoms. The predicted molar refractivity (Wildman–Crippen MR) is 107 cm³/mol. The number of nitro benzene ring substituents is 1. The van der Waals surface area contributed by atoms with Gasteiger partial charge in [0.25, 0.3) is 5.69 Å². The Morgan fingerprint density at radius 3 is 2.67 bits per heavy atom. The second-order valence-corrected chi connectivity index (χ2v) is 7.03. The molecule has 0 aliphatic rings. The first-order valence-electron chi connectivity index (χ1n) is 8.39. The van der Waals surface area contributed by atoms with Crippen molar-refractivity contribution >= 4 is 33.6 Å². The average Bonchev–Trinajstić information content (AvgIpc) is 3.20. The topological polar surface area (TPSA) is 81.0 Å². The van der Waals surface area contributed by atoms with Gasteiger partial charge in [-0.25, -0.2) is 9.97 Å². The molecule has 2 aromatic carbocycles. The fraction of sp³-hybridized carbons (Fsp3) is 0.100. The molecule has 0 aliphatic heterocycles. The Labute approximate surface area is 159 Å². The number of anilines is 1. The summed E-state index contributed by atoms with van der Waals surface area (Å²) in [6.45, 7) is 1.84. The standard InChI is InChI=1S/C20H16N4O2S/c1-13-12-16(15-8-5-9-17(24(25)26)19(15)22-13)23-18(20-21-10-11-27-20)14-6-3-2-4-7-14/h2-12,18H,1H3,(H,22,23). The third-order valence-corrected chi connectivity index (χ3v) is 5.11. The third kappa shape index (κ3) is 3.37. The van der Waals surface area contributed by atoms with E-state index in [0.717, 1.165) is 16.3 Å². The van der Waals surface area contributed by atoms with Crippen molar-refractivity contribution in [1.29, 1.82) is 0 Å². The molecule has 0 aliphatic carbocycles. The average molecular weight is 376 g/mol. The molecule has 0 radical (unpaired) electrons. The molecule has 0 saturated carbocycles. The number of benzene rings is 2. The fourth-order valence-corrected chi connectivity index (χ4v) is 3.81. The summed E-state index contributed by atoms with van der Waals surface area (Å²) in [5.41, 5.74) is 2.97. The lowest BCUT2D eigenvalue weighted by Crippen LogP contribution is -2.13. The number of nitro groups is 1. The third-order valence-electron chi connectivity index (χ3n) is 4.27. The number of non-ortho nitro benzene ring substituents is 1. The normalized spacial score (nSPS) is 12.0. The van der Waals surface area contributed by atoms with Gasteiger partial charge in [0.15, 0.2) is 5.52 Å². The van der Waals surface area contributed by atoms with Gasteiger partial charge in [0.2, 0.25) is 0 Å². The number of aromatic nitrogens is 2. The molecule has 0 fully saturated rings. The number of hydrogen-bond acceptors (Lipinski definition) is 6. The number of nitrogens with zero attached hydrogens (tertiary/aromatic N) is 3. The lowest BCUT2D eigenvalue weighted by molar-refractivity contribution is -0.383. The first kappa shape index (κ1) is 17.1. The molecule has 0 bridgehead atoms. The minimum atomic E-state index is -0.395. The summed E-state index contributed by atoms with van der Waals surface area (Å²) in [6.07, 6.45) is 1.78. The first-order chi connectivity index (χ1) is 13.1. The van der Waals surface area contributed by atoms with E-state index in [2.05, 4.69) is 15.3 Å². The van der Waals surface area contributed by atoms with Gasteiger partial charge < -0.3 is 5.32 Å². The van der Waals surface area contributed by atoms with E-state index >= 15 is 0 Å². The molecular weight excluding hydrogens is 360 g/mol. The smallest absolute Gasteiger partial charge is 0.295 e. The molecule has 134 valence electrons. The highest BCUT2D eigenvalue weighted by atomic mass is 32.1. The molecule has 0 amide bonds. The van der Waals surface area contributed by atoms with Crippen molar-refractivity contribution in [1.82, 2.24) is 9.97 Å². The second kappa shape index (κ2) is 7.13. The van der Waals surface area contributed by atoms with Gasteiger partial charge in [0.1, 0.15) is 11.0 Å². The van der Waals surface area contributed by atoms with Gasteiger partial charge in [-0.05, 0) is 18.6 Å². The molecule has 6 nitrogen and oxygen atoms in total. The van der Waals surface area contributed by atoms with Crippen molar-refractivity contribution in [3.8, 4) is 0 Å². The predicted octanol–water partition coefficient (Wildman–Crippen LogP) is 5.11. The van der Waals surface area contributed by atoms with Crippen molar-refractivity contribution in [2.45, 2.75) is 13.0 Å². The quantitative estimate of drug-likeness (QED) is 0.387. The van der Waals surface area contributed by atoms with Crippen LogP contribution in [0.15, 0.2) is 66.2 Å². The van der Waals surface area contributed by atoms with Crippen LogP contribution < -0.4 is 5.32 Å². The zero-order chi connectivity index (χ0) is 18.8.